The Bertz CT molecular complexity index is 1160. The molecule has 10 heteroatoms. The van der Waals surface area contributed by atoms with Crippen molar-refractivity contribution in [3.63, 3.8) is 0 Å². The lowest BCUT2D eigenvalue weighted by Gasteiger charge is -2.25. The number of anilines is 1. The van der Waals surface area contributed by atoms with Gasteiger partial charge in [0.25, 0.3) is 10.0 Å². The molecule has 3 aliphatic rings. The van der Waals surface area contributed by atoms with E-state index in [1.54, 1.807) is 0 Å². The number of carbonyl (C=O) groups is 1. The molecular weight excluding hydrogens is 444 g/mol. The van der Waals surface area contributed by atoms with Crippen molar-refractivity contribution >= 4 is 21.7 Å². The van der Waals surface area contributed by atoms with Crippen molar-refractivity contribution in [2.24, 2.45) is 5.92 Å². The molecule has 1 aromatic carbocycles. The average molecular weight is 475 g/mol. The van der Waals surface area contributed by atoms with E-state index < -0.39 is 16.1 Å². The molecule has 33 heavy (non-hydrogen) atoms. The molecule has 9 nitrogen and oxygen atoms in total. The third-order valence-electron chi connectivity index (χ3n) is 6.54. The minimum Gasteiger partial charge on any atom is -0.476 e. The topological polar surface area (TPSA) is 112 Å². The van der Waals surface area contributed by atoms with Gasteiger partial charge in [0, 0.05) is 11.6 Å². The van der Waals surface area contributed by atoms with E-state index in [0.717, 1.165) is 55.3 Å². The standard InChI is InChI=1S/C23H30N4O5S/c1-14(2)31-12-15-11-27-22(32-13-15)20(10-24-27)33(29,30)26-23(28)25-21-18-7-3-5-16(18)9-17-6-4-8-19(17)21/h9-10,14-15H,3-8,11-13H2,1-2H3,(H2,25,26,28). The molecule has 0 fully saturated rings. The van der Waals surface area contributed by atoms with Crippen molar-refractivity contribution in [3.05, 3.63) is 34.5 Å². The van der Waals surface area contributed by atoms with Crippen LogP contribution in [0.5, 0.6) is 5.88 Å². The number of amides is 2. The van der Waals surface area contributed by atoms with Crippen LogP contribution in [-0.2, 0) is 47.0 Å². The number of benzene rings is 1. The Labute approximate surface area is 193 Å². The third kappa shape index (κ3) is 4.33. The molecule has 1 aromatic heterocycles. The van der Waals surface area contributed by atoms with Crippen molar-refractivity contribution in [1.29, 1.82) is 0 Å². The van der Waals surface area contributed by atoms with Crippen molar-refractivity contribution in [1.82, 2.24) is 14.5 Å². The summed E-state index contributed by atoms with van der Waals surface area (Å²) in [6, 6.07) is 1.50. The van der Waals surface area contributed by atoms with Crippen molar-refractivity contribution in [2.45, 2.75) is 69.9 Å². The zero-order chi connectivity index (χ0) is 23.2. The number of ether oxygens (including phenoxy) is 2. The fourth-order valence-corrected chi connectivity index (χ4v) is 6.01. The van der Waals surface area contributed by atoms with Gasteiger partial charge in [-0.25, -0.2) is 22.6 Å². The maximum atomic E-state index is 13.0. The highest BCUT2D eigenvalue weighted by Gasteiger charge is 2.32. The number of nitrogens with one attached hydrogen (secondary N) is 2. The Morgan fingerprint density at radius 2 is 1.91 bits per heavy atom. The molecule has 2 amide bonds. The summed E-state index contributed by atoms with van der Waals surface area (Å²) in [5.41, 5.74) is 5.62. The van der Waals surface area contributed by atoms with Crippen LogP contribution in [0.15, 0.2) is 17.2 Å². The lowest BCUT2D eigenvalue weighted by atomic mass is 9.99. The number of nitrogens with zero attached hydrogens (tertiary/aromatic N) is 2. The normalized spacial score (nSPS) is 19.1. The number of carbonyl (C=O) groups excluding carboxylic acids is 1. The highest BCUT2D eigenvalue weighted by Crippen LogP contribution is 2.38. The second-order valence-corrected chi connectivity index (χ2v) is 11.0. The van der Waals surface area contributed by atoms with Crippen molar-refractivity contribution in [2.75, 3.05) is 18.5 Å². The van der Waals surface area contributed by atoms with Gasteiger partial charge in [-0.1, -0.05) is 6.07 Å². The van der Waals surface area contributed by atoms with E-state index in [2.05, 4.69) is 21.2 Å². The Morgan fingerprint density at radius 3 is 2.58 bits per heavy atom. The van der Waals surface area contributed by atoms with Gasteiger partial charge in [-0.3, -0.25) is 0 Å². The second kappa shape index (κ2) is 8.64. The third-order valence-corrected chi connectivity index (χ3v) is 7.85. The predicted molar refractivity (Wildman–Crippen MR) is 122 cm³/mol. The molecule has 0 saturated heterocycles. The number of hydrogen-bond donors (Lipinski definition) is 2. The Morgan fingerprint density at radius 1 is 1.21 bits per heavy atom. The maximum Gasteiger partial charge on any atom is 0.333 e. The summed E-state index contributed by atoms with van der Waals surface area (Å²) in [6.07, 6.45) is 7.24. The fourth-order valence-electron chi connectivity index (χ4n) is 5.02. The number of sulfonamides is 1. The van der Waals surface area contributed by atoms with Crippen LogP contribution in [0.25, 0.3) is 0 Å². The molecule has 2 heterocycles. The van der Waals surface area contributed by atoms with Crippen LogP contribution in [0.4, 0.5) is 10.5 Å². The van der Waals surface area contributed by atoms with Crippen LogP contribution in [0.1, 0.15) is 48.9 Å². The minimum absolute atomic E-state index is 0.0777. The van der Waals surface area contributed by atoms with Crippen LogP contribution in [0.2, 0.25) is 0 Å². The summed E-state index contributed by atoms with van der Waals surface area (Å²) >= 11 is 0. The fraction of sp³-hybridized carbons (Fsp3) is 0.565. The molecule has 5 rings (SSSR count). The van der Waals surface area contributed by atoms with Crippen LogP contribution in [-0.4, -0.2) is 43.5 Å². The molecule has 1 aliphatic heterocycles. The highest BCUT2D eigenvalue weighted by molar-refractivity contribution is 7.90. The first-order valence-electron chi connectivity index (χ1n) is 11.6. The van der Waals surface area contributed by atoms with E-state index in [1.165, 1.54) is 22.0 Å². The first kappa shape index (κ1) is 22.2. The zero-order valence-corrected chi connectivity index (χ0v) is 19.8. The summed E-state index contributed by atoms with van der Waals surface area (Å²) < 4.78 is 41.0. The summed E-state index contributed by atoms with van der Waals surface area (Å²) in [4.78, 5) is 12.7. The Balaban J connectivity index is 1.31. The van der Waals surface area contributed by atoms with Gasteiger partial charge in [-0.05, 0) is 74.6 Å². The van der Waals surface area contributed by atoms with Gasteiger partial charge in [0.05, 0.1) is 32.1 Å². The Kier molecular flexibility index (Phi) is 5.82. The smallest absolute Gasteiger partial charge is 0.333 e. The van der Waals surface area contributed by atoms with Crippen molar-refractivity contribution < 1.29 is 22.7 Å². The van der Waals surface area contributed by atoms with Crippen LogP contribution >= 0.6 is 0 Å². The molecule has 0 bridgehead atoms. The average Bonchev–Trinajstić information content (AvgIpc) is 3.50. The number of hydrogen-bond acceptors (Lipinski definition) is 6. The summed E-state index contributed by atoms with van der Waals surface area (Å²) in [7, 11) is -4.15. The molecule has 1 atom stereocenters. The minimum atomic E-state index is -4.15. The maximum absolute atomic E-state index is 13.0. The Hall–Kier alpha value is -2.59. The van der Waals surface area contributed by atoms with Gasteiger partial charge in [0.1, 0.15) is 0 Å². The first-order valence-corrected chi connectivity index (χ1v) is 13.1. The lowest BCUT2D eigenvalue weighted by Crippen LogP contribution is -2.36. The molecule has 0 radical (unpaired) electrons. The molecule has 2 aromatic rings. The van der Waals surface area contributed by atoms with Gasteiger partial charge in [-0.2, -0.15) is 5.10 Å². The summed E-state index contributed by atoms with van der Waals surface area (Å²) in [5, 5.41) is 7.03. The zero-order valence-electron chi connectivity index (χ0n) is 19.0. The van der Waals surface area contributed by atoms with E-state index in [0.29, 0.717) is 19.8 Å². The van der Waals surface area contributed by atoms with E-state index >= 15 is 0 Å². The highest BCUT2D eigenvalue weighted by atomic mass is 32.2. The van der Waals surface area contributed by atoms with E-state index in [-0.39, 0.29) is 22.8 Å². The second-order valence-electron chi connectivity index (χ2n) is 9.35. The molecular formula is C23H30N4O5S. The van der Waals surface area contributed by atoms with Gasteiger partial charge in [0.15, 0.2) is 4.90 Å². The first-order chi connectivity index (χ1) is 15.8. The van der Waals surface area contributed by atoms with E-state index in [9.17, 15) is 13.2 Å². The quantitative estimate of drug-likeness (QED) is 0.666. The summed E-state index contributed by atoms with van der Waals surface area (Å²) in [5.74, 6) is 0.228. The number of aromatic nitrogens is 2. The van der Waals surface area contributed by atoms with Gasteiger partial charge in [0.2, 0.25) is 5.88 Å². The van der Waals surface area contributed by atoms with E-state index in [1.807, 2.05) is 13.8 Å². The van der Waals surface area contributed by atoms with Crippen LogP contribution in [0, 0.1) is 5.92 Å². The van der Waals surface area contributed by atoms with Crippen LogP contribution < -0.4 is 14.8 Å². The SMILES string of the molecule is CC(C)OCC1COc2c(S(=O)(=O)NC(=O)Nc3c4c(cc5c3CCC5)CCC4)cnn2C1. The van der Waals surface area contributed by atoms with Gasteiger partial charge < -0.3 is 14.8 Å². The van der Waals surface area contributed by atoms with Crippen molar-refractivity contribution in [3.8, 4) is 5.88 Å². The van der Waals surface area contributed by atoms with Crippen LogP contribution in [0.3, 0.4) is 0 Å². The van der Waals surface area contributed by atoms with E-state index in [4.69, 9.17) is 9.47 Å². The largest absolute Gasteiger partial charge is 0.476 e. The number of aryl methyl sites for hydroxylation is 2. The van der Waals surface area contributed by atoms with Gasteiger partial charge in [-0.15, -0.1) is 0 Å². The molecule has 1 unspecified atom stereocenters. The lowest BCUT2D eigenvalue weighted by molar-refractivity contribution is 0.0186. The number of fused-ring (bicyclic) bond motifs is 3. The molecule has 178 valence electrons. The predicted octanol–water partition coefficient (Wildman–Crippen LogP) is 2.80. The molecule has 2 aliphatic carbocycles. The molecule has 0 spiro atoms. The monoisotopic (exact) mass is 474 g/mol. The number of urea groups is 1. The summed E-state index contributed by atoms with van der Waals surface area (Å²) in [6.45, 7) is 5.25. The molecule has 2 N–H and O–H groups in total. The number of rotatable bonds is 6. The molecule has 0 saturated carbocycles. The van der Waals surface area contributed by atoms with Gasteiger partial charge >= 0.3 is 6.03 Å².